The molecule has 4 nitrogen and oxygen atoms in total. The van der Waals surface area contributed by atoms with Crippen LogP contribution in [0.15, 0.2) is 12.1 Å². The van der Waals surface area contributed by atoms with E-state index in [0.717, 1.165) is 11.3 Å². The molecule has 1 rings (SSSR count). The van der Waals surface area contributed by atoms with Crippen LogP contribution in [0.5, 0.6) is 0 Å². The lowest BCUT2D eigenvalue weighted by atomic mass is 10.2. The van der Waals surface area contributed by atoms with Crippen LogP contribution in [0.25, 0.3) is 0 Å². The molecule has 3 N–H and O–H groups in total. The highest BCUT2D eigenvalue weighted by Crippen LogP contribution is 2.05. The lowest BCUT2D eigenvalue weighted by Crippen LogP contribution is -2.24. The third kappa shape index (κ3) is 2.29. The van der Waals surface area contributed by atoms with Crippen LogP contribution in [0.1, 0.15) is 28.7 Å². The smallest absolute Gasteiger partial charge is 0.269 e. The Balaban J connectivity index is 2.91. The van der Waals surface area contributed by atoms with Gasteiger partial charge >= 0.3 is 0 Å². The van der Waals surface area contributed by atoms with Gasteiger partial charge in [0, 0.05) is 18.8 Å². The topological polar surface area (TPSA) is 68.0 Å². The van der Waals surface area contributed by atoms with Crippen molar-refractivity contribution in [2.45, 2.75) is 20.4 Å². The average molecular weight is 193 g/mol. The molecule has 0 bridgehead atoms. The van der Waals surface area contributed by atoms with Gasteiger partial charge in [-0.25, -0.2) is 4.98 Å². The fraction of sp³-hybridized carbons (Fsp3) is 0.400. The van der Waals surface area contributed by atoms with Crippen LogP contribution in [-0.2, 0) is 6.54 Å². The lowest BCUT2D eigenvalue weighted by molar-refractivity contribution is 0.0950. The summed E-state index contributed by atoms with van der Waals surface area (Å²) < 4.78 is 0. The maximum Gasteiger partial charge on any atom is 0.269 e. The van der Waals surface area contributed by atoms with Crippen LogP contribution in [-0.4, -0.2) is 17.4 Å². The highest BCUT2D eigenvalue weighted by atomic mass is 16.1. The Hall–Kier alpha value is -1.42. The number of nitrogens with two attached hydrogens (primary N) is 1. The summed E-state index contributed by atoms with van der Waals surface area (Å²) in [7, 11) is 0. The zero-order valence-electron chi connectivity index (χ0n) is 8.50. The number of hydrogen-bond acceptors (Lipinski definition) is 3. The van der Waals surface area contributed by atoms with E-state index in [2.05, 4.69) is 10.3 Å². The van der Waals surface area contributed by atoms with E-state index in [1.165, 1.54) is 0 Å². The van der Waals surface area contributed by atoms with Crippen molar-refractivity contribution in [2.75, 3.05) is 6.54 Å². The largest absolute Gasteiger partial charge is 0.351 e. The molecule has 0 aliphatic rings. The van der Waals surface area contributed by atoms with Crippen molar-refractivity contribution in [1.29, 1.82) is 0 Å². The average Bonchev–Trinajstić information content (AvgIpc) is 2.18. The van der Waals surface area contributed by atoms with Crippen LogP contribution < -0.4 is 11.1 Å². The van der Waals surface area contributed by atoms with Crippen LogP contribution in [0, 0.1) is 6.92 Å². The van der Waals surface area contributed by atoms with E-state index in [4.69, 9.17) is 5.73 Å². The van der Waals surface area contributed by atoms with Gasteiger partial charge < -0.3 is 11.1 Å². The van der Waals surface area contributed by atoms with Gasteiger partial charge in [-0.3, -0.25) is 4.79 Å². The summed E-state index contributed by atoms with van der Waals surface area (Å²) in [5.74, 6) is -0.140. The molecule has 0 atom stereocenters. The molecule has 1 aromatic heterocycles. The van der Waals surface area contributed by atoms with Crippen LogP contribution in [0.4, 0.5) is 0 Å². The van der Waals surface area contributed by atoms with Gasteiger partial charge in [0.05, 0.1) is 0 Å². The number of aryl methyl sites for hydroxylation is 1. The second kappa shape index (κ2) is 4.72. The molecule has 0 saturated carbocycles. The second-order valence-corrected chi connectivity index (χ2v) is 3.00. The normalized spacial score (nSPS) is 9.93. The molecule has 1 aromatic rings. The summed E-state index contributed by atoms with van der Waals surface area (Å²) in [6.07, 6.45) is 0. The van der Waals surface area contributed by atoms with Crippen molar-refractivity contribution in [3.8, 4) is 0 Å². The molecule has 0 spiro atoms. The van der Waals surface area contributed by atoms with E-state index in [0.29, 0.717) is 18.8 Å². The van der Waals surface area contributed by atoms with E-state index in [-0.39, 0.29) is 5.91 Å². The van der Waals surface area contributed by atoms with Gasteiger partial charge in [-0.15, -0.1) is 0 Å². The van der Waals surface area contributed by atoms with E-state index in [9.17, 15) is 4.79 Å². The Kier molecular flexibility index (Phi) is 3.59. The predicted molar refractivity (Wildman–Crippen MR) is 54.9 cm³/mol. The van der Waals surface area contributed by atoms with Gasteiger partial charge in [-0.05, 0) is 25.5 Å². The molecule has 1 heterocycles. The second-order valence-electron chi connectivity index (χ2n) is 3.00. The van der Waals surface area contributed by atoms with E-state index in [1.807, 2.05) is 19.9 Å². The lowest BCUT2D eigenvalue weighted by Gasteiger charge is -2.05. The Morgan fingerprint density at radius 3 is 2.79 bits per heavy atom. The SMILES string of the molecule is CCNC(=O)c1ccc(CN)c(C)n1. The number of hydrogen-bond donors (Lipinski definition) is 2. The number of carbonyl (C=O) groups excluding carboxylic acids is 1. The van der Waals surface area contributed by atoms with Crippen LogP contribution in [0.3, 0.4) is 0 Å². The first kappa shape index (κ1) is 10.7. The van der Waals surface area contributed by atoms with Crippen molar-refractivity contribution in [1.82, 2.24) is 10.3 Å². The third-order valence-electron chi connectivity index (χ3n) is 1.99. The summed E-state index contributed by atoms with van der Waals surface area (Å²) in [5.41, 5.74) is 7.73. The third-order valence-corrected chi connectivity index (χ3v) is 1.99. The molecule has 0 aromatic carbocycles. The predicted octanol–water partition coefficient (Wildman–Crippen LogP) is 0.598. The fourth-order valence-electron chi connectivity index (χ4n) is 1.18. The Bertz CT molecular complexity index is 336. The number of rotatable bonds is 3. The number of pyridine rings is 1. The van der Waals surface area contributed by atoms with Gasteiger partial charge in [-0.1, -0.05) is 6.07 Å². The molecule has 0 fully saturated rings. The Morgan fingerprint density at radius 1 is 1.57 bits per heavy atom. The number of aromatic nitrogens is 1. The quantitative estimate of drug-likeness (QED) is 0.738. The minimum absolute atomic E-state index is 0.140. The summed E-state index contributed by atoms with van der Waals surface area (Å²) >= 11 is 0. The van der Waals surface area contributed by atoms with Crippen molar-refractivity contribution in [2.24, 2.45) is 5.73 Å². The monoisotopic (exact) mass is 193 g/mol. The zero-order chi connectivity index (χ0) is 10.6. The van der Waals surface area contributed by atoms with E-state index in [1.54, 1.807) is 6.07 Å². The zero-order valence-corrected chi connectivity index (χ0v) is 8.50. The van der Waals surface area contributed by atoms with Crippen molar-refractivity contribution < 1.29 is 4.79 Å². The first-order valence-electron chi connectivity index (χ1n) is 4.63. The van der Waals surface area contributed by atoms with Crippen molar-refractivity contribution >= 4 is 5.91 Å². The van der Waals surface area contributed by atoms with E-state index >= 15 is 0 Å². The number of carbonyl (C=O) groups is 1. The van der Waals surface area contributed by atoms with Gasteiger partial charge in [0.2, 0.25) is 0 Å². The summed E-state index contributed by atoms with van der Waals surface area (Å²) in [6.45, 7) is 4.79. The molecule has 1 amide bonds. The highest BCUT2D eigenvalue weighted by molar-refractivity contribution is 5.92. The minimum atomic E-state index is -0.140. The Morgan fingerprint density at radius 2 is 2.29 bits per heavy atom. The maximum absolute atomic E-state index is 11.4. The van der Waals surface area contributed by atoms with Gasteiger partial charge in [0.25, 0.3) is 5.91 Å². The first-order chi connectivity index (χ1) is 6.69. The van der Waals surface area contributed by atoms with E-state index < -0.39 is 0 Å². The summed E-state index contributed by atoms with van der Waals surface area (Å²) in [5, 5.41) is 2.69. The molecular weight excluding hydrogens is 178 g/mol. The molecule has 0 radical (unpaired) electrons. The van der Waals surface area contributed by atoms with Crippen LogP contribution in [0.2, 0.25) is 0 Å². The van der Waals surface area contributed by atoms with Crippen molar-refractivity contribution in [3.05, 3.63) is 29.1 Å². The molecule has 4 heteroatoms. The Labute approximate surface area is 83.5 Å². The highest BCUT2D eigenvalue weighted by Gasteiger charge is 2.07. The number of nitrogens with one attached hydrogen (secondary N) is 1. The molecule has 14 heavy (non-hydrogen) atoms. The molecular formula is C10H15N3O. The molecule has 0 aliphatic carbocycles. The summed E-state index contributed by atoms with van der Waals surface area (Å²) in [6, 6.07) is 3.53. The minimum Gasteiger partial charge on any atom is -0.351 e. The maximum atomic E-state index is 11.4. The fourth-order valence-corrected chi connectivity index (χ4v) is 1.18. The standard InChI is InChI=1S/C10H15N3O/c1-3-12-10(14)9-5-4-8(6-11)7(2)13-9/h4-5H,3,6,11H2,1-2H3,(H,12,14). The van der Waals surface area contributed by atoms with Gasteiger partial charge in [0.15, 0.2) is 0 Å². The molecule has 76 valence electrons. The van der Waals surface area contributed by atoms with Crippen LogP contribution >= 0.6 is 0 Å². The van der Waals surface area contributed by atoms with Crippen molar-refractivity contribution in [3.63, 3.8) is 0 Å². The molecule has 0 unspecified atom stereocenters. The van der Waals surface area contributed by atoms with Gasteiger partial charge in [0.1, 0.15) is 5.69 Å². The molecule has 0 aliphatic heterocycles. The number of amides is 1. The van der Waals surface area contributed by atoms with Gasteiger partial charge in [-0.2, -0.15) is 0 Å². The molecule has 0 saturated heterocycles. The number of nitrogens with zero attached hydrogens (tertiary/aromatic N) is 1. The first-order valence-corrected chi connectivity index (χ1v) is 4.63. The summed E-state index contributed by atoms with van der Waals surface area (Å²) in [4.78, 5) is 15.6.